The van der Waals surface area contributed by atoms with E-state index in [4.69, 9.17) is 5.11 Å². The largest absolute Gasteiger partial charge is 0.478 e. The number of carboxylic acids is 1. The third-order valence-electron chi connectivity index (χ3n) is 2.74. The molecule has 4 nitrogen and oxygen atoms in total. The van der Waals surface area contributed by atoms with Gasteiger partial charge in [-0.3, -0.25) is 4.79 Å². The molecule has 0 saturated carbocycles. The summed E-state index contributed by atoms with van der Waals surface area (Å²) in [6.45, 7) is 4.26. The van der Waals surface area contributed by atoms with Gasteiger partial charge < -0.3 is 10.4 Å². The quantitative estimate of drug-likeness (QED) is 0.786. The van der Waals surface area contributed by atoms with Crippen LogP contribution in [0.2, 0.25) is 0 Å². The van der Waals surface area contributed by atoms with Gasteiger partial charge in [0, 0.05) is 17.8 Å². The molecule has 2 N–H and O–H groups in total. The third kappa shape index (κ3) is 4.41. The van der Waals surface area contributed by atoms with Crippen molar-refractivity contribution in [3.63, 3.8) is 0 Å². The maximum Gasteiger partial charge on any atom is 0.328 e. The fourth-order valence-corrected chi connectivity index (χ4v) is 1.46. The summed E-state index contributed by atoms with van der Waals surface area (Å²) >= 11 is 0. The molecule has 1 aromatic carbocycles. The Bertz CT molecular complexity index is 449. The van der Waals surface area contributed by atoms with Gasteiger partial charge in [0.1, 0.15) is 0 Å². The van der Waals surface area contributed by atoms with Gasteiger partial charge in [0.15, 0.2) is 0 Å². The van der Waals surface area contributed by atoms with E-state index in [0.717, 1.165) is 18.6 Å². The first-order chi connectivity index (χ1) is 8.52. The zero-order valence-electron chi connectivity index (χ0n) is 10.5. The van der Waals surface area contributed by atoms with Crippen LogP contribution in [0.5, 0.6) is 0 Å². The lowest BCUT2D eigenvalue weighted by Gasteiger charge is -2.09. The minimum absolute atomic E-state index is 0.450. The maximum absolute atomic E-state index is 11.3. The van der Waals surface area contributed by atoms with Gasteiger partial charge in [-0.15, -0.1) is 0 Å². The van der Waals surface area contributed by atoms with Crippen molar-refractivity contribution in [2.75, 3.05) is 5.32 Å². The molecule has 0 aliphatic carbocycles. The van der Waals surface area contributed by atoms with Crippen molar-refractivity contribution in [3.8, 4) is 0 Å². The number of benzene rings is 1. The SMILES string of the molecule is CCC(C)c1ccc(NC(=O)C=CC(=O)O)cc1. The van der Waals surface area contributed by atoms with Gasteiger partial charge in [-0.2, -0.15) is 0 Å². The van der Waals surface area contributed by atoms with Gasteiger partial charge in [0.05, 0.1) is 0 Å². The Morgan fingerprint density at radius 3 is 2.39 bits per heavy atom. The minimum Gasteiger partial charge on any atom is -0.478 e. The third-order valence-corrected chi connectivity index (χ3v) is 2.74. The second-order valence-electron chi connectivity index (χ2n) is 4.09. The summed E-state index contributed by atoms with van der Waals surface area (Å²) in [5.41, 5.74) is 1.87. The van der Waals surface area contributed by atoms with E-state index in [1.807, 2.05) is 24.3 Å². The van der Waals surface area contributed by atoms with Crippen LogP contribution in [0.15, 0.2) is 36.4 Å². The summed E-state index contributed by atoms with van der Waals surface area (Å²) in [6.07, 6.45) is 2.86. The molecule has 0 radical (unpaired) electrons. The first-order valence-corrected chi connectivity index (χ1v) is 5.85. The number of aliphatic carboxylic acids is 1. The van der Waals surface area contributed by atoms with Crippen LogP contribution in [0.1, 0.15) is 31.7 Å². The number of hydrogen-bond acceptors (Lipinski definition) is 2. The highest BCUT2D eigenvalue weighted by Crippen LogP contribution is 2.20. The summed E-state index contributed by atoms with van der Waals surface area (Å²) in [7, 11) is 0. The van der Waals surface area contributed by atoms with Crippen LogP contribution >= 0.6 is 0 Å². The molecule has 0 bridgehead atoms. The Kier molecular flexibility index (Phi) is 5.11. The Hall–Kier alpha value is -2.10. The molecule has 1 aromatic rings. The first kappa shape index (κ1) is 14.0. The molecule has 0 saturated heterocycles. The van der Waals surface area contributed by atoms with Crippen LogP contribution in [-0.4, -0.2) is 17.0 Å². The lowest BCUT2D eigenvalue weighted by atomic mass is 9.99. The molecule has 4 heteroatoms. The Labute approximate surface area is 106 Å². The molecule has 1 atom stereocenters. The van der Waals surface area contributed by atoms with Crippen molar-refractivity contribution in [2.24, 2.45) is 0 Å². The van der Waals surface area contributed by atoms with Gasteiger partial charge in [0.25, 0.3) is 0 Å². The van der Waals surface area contributed by atoms with Crippen molar-refractivity contribution < 1.29 is 14.7 Å². The number of carboxylic acid groups (broad SMARTS) is 1. The van der Waals surface area contributed by atoms with Crippen LogP contribution in [-0.2, 0) is 9.59 Å². The molecule has 1 rings (SSSR count). The molecule has 0 heterocycles. The average Bonchev–Trinajstić information content (AvgIpc) is 2.36. The summed E-state index contributed by atoms with van der Waals surface area (Å²) in [5, 5.41) is 11.0. The fraction of sp³-hybridized carbons (Fsp3) is 0.286. The Balaban J connectivity index is 2.64. The predicted octanol–water partition coefficient (Wildman–Crippen LogP) is 2.78. The zero-order chi connectivity index (χ0) is 13.5. The summed E-state index contributed by atoms with van der Waals surface area (Å²) in [5.74, 6) is -1.10. The van der Waals surface area contributed by atoms with E-state index >= 15 is 0 Å². The number of rotatable bonds is 5. The minimum atomic E-state index is -1.14. The van der Waals surface area contributed by atoms with Gasteiger partial charge in [-0.05, 0) is 30.0 Å². The predicted molar refractivity (Wildman–Crippen MR) is 70.6 cm³/mol. The van der Waals surface area contributed by atoms with Gasteiger partial charge >= 0.3 is 5.97 Å². The second-order valence-corrected chi connectivity index (χ2v) is 4.09. The standard InChI is InChI=1S/C14H17NO3/c1-3-10(2)11-4-6-12(7-5-11)15-13(16)8-9-14(17)18/h4-10H,3H2,1-2H3,(H,15,16)(H,17,18). The summed E-state index contributed by atoms with van der Waals surface area (Å²) in [6, 6.07) is 7.55. The number of anilines is 1. The van der Waals surface area contributed by atoms with E-state index in [1.165, 1.54) is 5.56 Å². The number of carbonyl (C=O) groups excluding carboxylic acids is 1. The van der Waals surface area contributed by atoms with Gasteiger partial charge in [0.2, 0.25) is 5.91 Å². The van der Waals surface area contributed by atoms with E-state index in [1.54, 1.807) is 0 Å². The van der Waals surface area contributed by atoms with Crippen molar-refractivity contribution >= 4 is 17.6 Å². The number of amides is 1. The van der Waals surface area contributed by atoms with E-state index in [0.29, 0.717) is 11.6 Å². The van der Waals surface area contributed by atoms with E-state index in [2.05, 4.69) is 19.2 Å². The van der Waals surface area contributed by atoms with Gasteiger partial charge in [-0.25, -0.2) is 4.79 Å². The van der Waals surface area contributed by atoms with E-state index in [-0.39, 0.29) is 0 Å². The Morgan fingerprint density at radius 2 is 1.89 bits per heavy atom. The monoisotopic (exact) mass is 247 g/mol. The average molecular weight is 247 g/mol. The summed E-state index contributed by atoms with van der Waals surface area (Å²) < 4.78 is 0. The molecule has 0 fully saturated rings. The normalized spacial score (nSPS) is 12.3. The van der Waals surface area contributed by atoms with Crippen molar-refractivity contribution in [3.05, 3.63) is 42.0 Å². The zero-order valence-corrected chi connectivity index (χ0v) is 10.5. The lowest BCUT2D eigenvalue weighted by Crippen LogP contribution is -2.08. The van der Waals surface area contributed by atoms with Crippen LogP contribution in [0, 0.1) is 0 Å². The maximum atomic E-state index is 11.3. The van der Waals surface area contributed by atoms with Crippen LogP contribution in [0.4, 0.5) is 5.69 Å². The first-order valence-electron chi connectivity index (χ1n) is 5.85. The molecule has 1 unspecified atom stereocenters. The summed E-state index contributed by atoms with van der Waals surface area (Å²) in [4.78, 5) is 21.6. The molecule has 0 aromatic heterocycles. The molecule has 18 heavy (non-hydrogen) atoms. The molecule has 0 aliphatic heterocycles. The number of carbonyl (C=O) groups is 2. The molecule has 96 valence electrons. The topological polar surface area (TPSA) is 66.4 Å². The smallest absolute Gasteiger partial charge is 0.328 e. The van der Waals surface area contributed by atoms with E-state index in [9.17, 15) is 9.59 Å². The van der Waals surface area contributed by atoms with E-state index < -0.39 is 11.9 Å². The molecule has 0 spiro atoms. The van der Waals surface area contributed by atoms with Gasteiger partial charge in [-0.1, -0.05) is 26.0 Å². The molecular formula is C14H17NO3. The highest BCUT2D eigenvalue weighted by Gasteiger charge is 2.03. The highest BCUT2D eigenvalue weighted by molar-refractivity contribution is 6.02. The molecule has 1 amide bonds. The number of hydrogen-bond donors (Lipinski definition) is 2. The fourth-order valence-electron chi connectivity index (χ4n) is 1.46. The van der Waals surface area contributed by atoms with Crippen molar-refractivity contribution in [2.45, 2.75) is 26.2 Å². The van der Waals surface area contributed by atoms with Crippen LogP contribution < -0.4 is 5.32 Å². The Morgan fingerprint density at radius 1 is 1.28 bits per heavy atom. The highest BCUT2D eigenvalue weighted by atomic mass is 16.4. The molecule has 0 aliphatic rings. The van der Waals surface area contributed by atoms with Crippen LogP contribution in [0.3, 0.4) is 0 Å². The van der Waals surface area contributed by atoms with Crippen molar-refractivity contribution in [1.82, 2.24) is 0 Å². The van der Waals surface area contributed by atoms with Crippen LogP contribution in [0.25, 0.3) is 0 Å². The van der Waals surface area contributed by atoms with Crippen molar-refractivity contribution in [1.29, 1.82) is 0 Å². The second kappa shape index (κ2) is 6.59. The molecular weight excluding hydrogens is 230 g/mol. The lowest BCUT2D eigenvalue weighted by molar-refractivity contribution is -0.131. The number of nitrogens with one attached hydrogen (secondary N) is 1.